The van der Waals surface area contributed by atoms with E-state index in [0.29, 0.717) is 17.8 Å². The Morgan fingerprint density at radius 2 is 1.66 bits per heavy atom. The van der Waals surface area contributed by atoms with Crippen LogP contribution in [-0.2, 0) is 32.4 Å². The van der Waals surface area contributed by atoms with Gasteiger partial charge in [0, 0.05) is 12.3 Å². The Kier molecular flexibility index (Phi) is 7.40. The van der Waals surface area contributed by atoms with Gasteiger partial charge in [-0.3, -0.25) is 9.35 Å². The molecule has 194 valence electrons. The molecule has 3 atom stereocenters. The Labute approximate surface area is 198 Å². The van der Waals surface area contributed by atoms with Gasteiger partial charge in [-0.05, 0) is 48.8 Å². The fourth-order valence-corrected chi connectivity index (χ4v) is 6.06. The lowest BCUT2D eigenvalue weighted by molar-refractivity contribution is -0.356. The first-order chi connectivity index (χ1) is 16.0. The monoisotopic (exact) mass is 528 g/mol. The maximum atomic E-state index is 13.5. The molecule has 1 aromatic carbocycles. The highest BCUT2D eigenvalue weighted by Gasteiger charge is 2.76. The molecule has 0 amide bonds. The van der Waals surface area contributed by atoms with Crippen molar-refractivity contribution in [1.29, 1.82) is 0 Å². The average Bonchev–Trinajstić information content (AvgIpc) is 3.34. The van der Waals surface area contributed by atoms with Gasteiger partial charge in [-0.15, -0.1) is 0 Å². The maximum Gasteiger partial charge on any atom is 0.438 e. The molecular formula is C21H23BF6O6S. The van der Waals surface area contributed by atoms with Gasteiger partial charge in [0.1, 0.15) is 19.4 Å². The van der Waals surface area contributed by atoms with E-state index in [4.69, 9.17) is 4.55 Å². The molecule has 0 heterocycles. The zero-order chi connectivity index (χ0) is 26.4. The number of rotatable bonds is 8. The Hall–Kier alpha value is -2.09. The number of halogens is 6. The van der Waals surface area contributed by atoms with Crippen molar-refractivity contribution in [3.8, 4) is 0 Å². The van der Waals surface area contributed by atoms with E-state index in [1.807, 2.05) is 0 Å². The number of ketones is 1. The van der Waals surface area contributed by atoms with Crippen molar-refractivity contribution in [3.63, 3.8) is 0 Å². The molecule has 2 bridgehead atoms. The van der Waals surface area contributed by atoms with Crippen LogP contribution in [0.25, 0.3) is 0 Å². The average molecular weight is 528 g/mol. The third-order valence-corrected chi connectivity index (χ3v) is 7.68. The van der Waals surface area contributed by atoms with Crippen LogP contribution in [0.5, 0.6) is 0 Å². The molecule has 2 saturated carbocycles. The van der Waals surface area contributed by atoms with Crippen LogP contribution in [0.3, 0.4) is 0 Å². The summed E-state index contributed by atoms with van der Waals surface area (Å²) in [5.74, 6) is -4.61. The van der Waals surface area contributed by atoms with Crippen LogP contribution in [0, 0.1) is 17.8 Å². The zero-order valence-corrected chi connectivity index (χ0v) is 19.4. The van der Waals surface area contributed by atoms with Gasteiger partial charge >= 0.3 is 23.9 Å². The van der Waals surface area contributed by atoms with Crippen LogP contribution in [0.1, 0.15) is 47.2 Å². The minimum Gasteiger partial charge on any atom is -0.435 e. The molecule has 0 aromatic heterocycles. The maximum absolute atomic E-state index is 13.5. The molecule has 6 nitrogen and oxygen atoms in total. The van der Waals surface area contributed by atoms with Crippen molar-refractivity contribution < 1.29 is 53.6 Å². The molecule has 2 fully saturated rings. The van der Waals surface area contributed by atoms with E-state index >= 15 is 0 Å². The predicted octanol–water partition coefficient (Wildman–Crippen LogP) is 3.28. The lowest BCUT2D eigenvalue weighted by atomic mass is 9.82. The Balaban J connectivity index is 1.92. The summed E-state index contributed by atoms with van der Waals surface area (Å²) in [7, 11) is -4.16. The molecule has 2 aliphatic rings. The van der Waals surface area contributed by atoms with Gasteiger partial charge in [-0.1, -0.05) is 24.4 Å². The SMILES string of the molecule is BCc1ccc(C(=O)OC(CS(=O)(=O)O)(C(F)(F)F)C(F)(F)F)cc1CC(=O)C1CC2CCC1C2. The van der Waals surface area contributed by atoms with Crippen molar-refractivity contribution >= 4 is 29.7 Å². The Morgan fingerprint density at radius 3 is 2.11 bits per heavy atom. The Bertz CT molecular complexity index is 1090. The fourth-order valence-electron chi connectivity index (χ4n) is 5.16. The largest absolute Gasteiger partial charge is 0.438 e. The third kappa shape index (κ3) is 5.68. The number of hydrogen-bond donors (Lipinski definition) is 1. The molecule has 2 aliphatic carbocycles. The van der Waals surface area contributed by atoms with Gasteiger partial charge < -0.3 is 4.74 Å². The van der Waals surface area contributed by atoms with Gasteiger partial charge in [0.25, 0.3) is 10.1 Å². The molecule has 0 saturated heterocycles. The number of carbonyl (C=O) groups excluding carboxylic acids is 2. The molecule has 0 aliphatic heterocycles. The molecule has 1 N–H and O–H groups in total. The zero-order valence-electron chi connectivity index (χ0n) is 18.6. The van der Waals surface area contributed by atoms with Gasteiger partial charge in [0.15, 0.2) is 0 Å². The Morgan fingerprint density at radius 1 is 1.03 bits per heavy atom. The molecule has 1 aromatic rings. The number of benzene rings is 1. The second-order valence-electron chi connectivity index (χ2n) is 9.20. The number of carbonyl (C=O) groups is 2. The highest BCUT2D eigenvalue weighted by Crippen LogP contribution is 2.49. The summed E-state index contributed by atoms with van der Waals surface area (Å²) >= 11 is 0. The first-order valence-electron chi connectivity index (χ1n) is 10.9. The van der Waals surface area contributed by atoms with Crippen molar-refractivity contribution in [3.05, 3.63) is 34.9 Å². The predicted molar refractivity (Wildman–Crippen MR) is 113 cm³/mol. The van der Waals surface area contributed by atoms with Crippen LogP contribution in [-0.4, -0.2) is 56.3 Å². The highest BCUT2D eigenvalue weighted by atomic mass is 32.2. The van der Waals surface area contributed by atoms with Crippen LogP contribution in [0.2, 0.25) is 0 Å². The summed E-state index contributed by atoms with van der Waals surface area (Å²) in [6.45, 7) is 0. The topological polar surface area (TPSA) is 97.7 Å². The molecule has 14 heteroatoms. The van der Waals surface area contributed by atoms with Crippen molar-refractivity contribution in [2.24, 2.45) is 17.8 Å². The number of alkyl halides is 6. The van der Waals surface area contributed by atoms with E-state index in [9.17, 15) is 44.3 Å². The van der Waals surface area contributed by atoms with Gasteiger partial charge in [0.05, 0.1) is 5.56 Å². The van der Waals surface area contributed by atoms with E-state index in [1.54, 1.807) is 7.85 Å². The molecule has 0 radical (unpaired) electrons. The first-order valence-corrected chi connectivity index (χ1v) is 12.5. The molecule has 35 heavy (non-hydrogen) atoms. The van der Waals surface area contributed by atoms with Crippen molar-refractivity contribution in [2.45, 2.75) is 56.4 Å². The second kappa shape index (κ2) is 9.42. The standard InChI is InChI=1S/C21H23BF6O6S/c22-9-14-4-3-13(7-15(14)8-17(29)16-6-11-1-2-12(16)5-11)18(30)34-19(20(23,24)25,21(26,27)28)10-35(31,32)33/h3-4,7,11-12,16H,1-2,5-6,8-10,22H2,(H,31,32,33). The van der Waals surface area contributed by atoms with Crippen LogP contribution >= 0.6 is 0 Å². The summed E-state index contributed by atoms with van der Waals surface area (Å²) in [5.41, 5.74) is -5.36. The minimum absolute atomic E-state index is 0.108. The van der Waals surface area contributed by atoms with Crippen LogP contribution in [0.4, 0.5) is 26.3 Å². The van der Waals surface area contributed by atoms with E-state index in [2.05, 4.69) is 4.74 Å². The number of ether oxygens (including phenoxy) is 1. The lowest BCUT2D eigenvalue weighted by Gasteiger charge is -2.35. The van der Waals surface area contributed by atoms with Gasteiger partial charge in [0.2, 0.25) is 0 Å². The normalized spacial score (nSPS) is 22.9. The molecule has 3 rings (SSSR count). The third-order valence-electron chi connectivity index (χ3n) is 6.91. The number of fused-ring (bicyclic) bond motifs is 2. The molecule has 0 spiro atoms. The van der Waals surface area contributed by atoms with Crippen molar-refractivity contribution in [2.75, 3.05) is 5.75 Å². The molecular weight excluding hydrogens is 505 g/mol. The number of Topliss-reactive ketones (excluding diaryl/α,β-unsaturated/α-hetero) is 1. The van der Waals surface area contributed by atoms with E-state index < -0.39 is 45.4 Å². The van der Waals surface area contributed by atoms with Gasteiger partial charge in [-0.25, -0.2) is 4.79 Å². The number of hydrogen-bond acceptors (Lipinski definition) is 5. The van der Waals surface area contributed by atoms with E-state index in [0.717, 1.165) is 37.8 Å². The summed E-state index contributed by atoms with van der Waals surface area (Å²) < 4.78 is 115. The van der Waals surface area contributed by atoms with Crippen LogP contribution < -0.4 is 0 Å². The first kappa shape index (κ1) is 27.5. The van der Waals surface area contributed by atoms with Crippen molar-refractivity contribution in [1.82, 2.24) is 0 Å². The summed E-state index contributed by atoms with van der Waals surface area (Å²) in [4.78, 5) is 25.3. The minimum atomic E-state index is -6.42. The number of esters is 1. The second-order valence-corrected chi connectivity index (χ2v) is 10.7. The van der Waals surface area contributed by atoms with Gasteiger partial charge in [-0.2, -0.15) is 34.8 Å². The van der Waals surface area contributed by atoms with E-state index in [-0.39, 0.29) is 29.6 Å². The fraction of sp³-hybridized carbons (Fsp3) is 0.619. The molecule has 3 unspecified atom stereocenters. The highest BCUT2D eigenvalue weighted by molar-refractivity contribution is 7.85. The summed E-state index contributed by atoms with van der Waals surface area (Å²) in [6, 6.07) is 3.24. The smallest absolute Gasteiger partial charge is 0.435 e. The summed E-state index contributed by atoms with van der Waals surface area (Å²) in [6.07, 6.45) is -8.92. The van der Waals surface area contributed by atoms with E-state index in [1.165, 1.54) is 6.07 Å². The summed E-state index contributed by atoms with van der Waals surface area (Å²) in [5, 5.41) is 0. The van der Waals surface area contributed by atoms with Crippen LogP contribution in [0.15, 0.2) is 18.2 Å². The lowest BCUT2D eigenvalue weighted by Crippen LogP contribution is -2.63. The quantitative estimate of drug-likeness (QED) is 0.241.